The molecule has 0 spiro atoms. The van der Waals surface area contributed by atoms with Gasteiger partial charge in [0.25, 0.3) is 0 Å². The highest BCUT2D eigenvalue weighted by Gasteiger charge is 2.17. The van der Waals surface area contributed by atoms with E-state index in [9.17, 15) is 17.6 Å². The van der Waals surface area contributed by atoms with Crippen molar-refractivity contribution in [1.29, 1.82) is 0 Å². The second-order valence-corrected chi connectivity index (χ2v) is 7.25. The van der Waals surface area contributed by atoms with Crippen LogP contribution in [0.25, 0.3) is 11.1 Å². The molecule has 1 aromatic heterocycles. The van der Waals surface area contributed by atoms with E-state index in [4.69, 9.17) is 4.42 Å². The molecule has 0 aliphatic heterocycles. The first-order valence-electron chi connectivity index (χ1n) is 7.79. The third-order valence-electron chi connectivity index (χ3n) is 3.91. The van der Waals surface area contributed by atoms with Gasteiger partial charge in [0.15, 0.2) is 5.58 Å². The molecule has 2 aromatic carbocycles. The number of rotatable bonds is 6. The summed E-state index contributed by atoms with van der Waals surface area (Å²) in [6, 6.07) is 10.5. The van der Waals surface area contributed by atoms with Crippen LogP contribution in [-0.2, 0) is 23.0 Å². The summed E-state index contributed by atoms with van der Waals surface area (Å²) < 4.78 is 47.2. The SMILES string of the molecule is CCn1c(=O)oc2cc(S(=O)(=O)NCCc3ccccc3F)ccc21. The van der Waals surface area contributed by atoms with E-state index < -0.39 is 15.8 Å². The van der Waals surface area contributed by atoms with E-state index in [0.717, 1.165) is 0 Å². The Morgan fingerprint density at radius 1 is 1.20 bits per heavy atom. The number of aromatic nitrogens is 1. The van der Waals surface area contributed by atoms with Crippen molar-refractivity contribution < 1.29 is 17.2 Å². The van der Waals surface area contributed by atoms with Crippen molar-refractivity contribution in [2.75, 3.05) is 6.54 Å². The molecular weight excluding hydrogens is 347 g/mol. The Balaban J connectivity index is 1.79. The van der Waals surface area contributed by atoms with Gasteiger partial charge in [0.2, 0.25) is 10.0 Å². The molecule has 0 fully saturated rings. The minimum Gasteiger partial charge on any atom is -0.408 e. The van der Waals surface area contributed by atoms with Gasteiger partial charge in [0.05, 0.1) is 10.4 Å². The van der Waals surface area contributed by atoms with Crippen LogP contribution >= 0.6 is 0 Å². The van der Waals surface area contributed by atoms with E-state index in [1.165, 1.54) is 28.8 Å². The highest BCUT2D eigenvalue weighted by molar-refractivity contribution is 7.89. The molecule has 0 saturated heterocycles. The minimum atomic E-state index is -3.79. The average molecular weight is 364 g/mol. The zero-order valence-corrected chi connectivity index (χ0v) is 14.3. The van der Waals surface area contributed by atoms with Crippen molar-refractivity contribution in [3.05, 3.63) is 64.4 Å². The Kier molecular flexibility index (Phi) is 4.73. The molecule has 0 atom stereocenters. The quantitative estimate of drug-likeness (QED) is 0.728. The molecule has 0 amide bonds. The van der Waals surface area contributed by atoms with Gasteiger partial charge in [-0.2, -0.15) is 0 Å². The Morgan fingerprint density at radius 3 is 2.68 bits per heavy atom. The van der Waals surface area contributed by atoms with Crippen molar-refractivity contribution >= 4 is 21.1 Å². The molecule has 0 aliphatic carbocycles. The summed E-state index contributed by atoms with van der Waals surface area (Å²) in [5.41, 5.74) is 1.19. The van der Waals surface area contributed by atoms with E-state index in [1.54, 1.807) is 25.1 Å². The molecule has 3 aromatic rings. The van der Waals surface area contributed by atoms with Gasteiger partial charge in [-0.15, -0.1) is 0 Å². The minimum absolute atomic E-state index is 0.00876. The zero-order chi connectivity index (χ0) is 18.0. The Hall–Kier alpha value is -2.45. The van der Waals surface area contributed by atoms with Crippen molar-refractivity contribution in [3.8, 4) is 0 Å². The van der Waals surface area contributed by atoms with Gasteiger partial charge in [-0.1, -0.05) is 18.2 Å². The zero-order valence-electron chi connectivity index (χ0n) is 13.5. The van der Waals surface area contributed by atoms with E-state index >= 15 is 0 Å². The van der Waals surface area contributed by atoms with Gasteiger partial charge >= 0.3 is 5.76 Å². The third kappa shape index (κ3) is 3.49. The molecule has 132 valence electrons. The lowest BCUT2D eigenvalue weighted by molar-refractivity contribution is 0.512. The standard InChI is InChI=1S/C17H17FN2O4S/c1-2-20-15-8-7-13(11-16(15)24-17(20)21)25(22,23)19-10-9-12-5-3-4-6-14(12)18/h3-8,11,19H,2,9-10H2,1H3. The highest BCUT2D eigenvalue weighted by Crippen LogP contribution is 2.18. The second-order valence-electron chi connectivity index (χ2n) is 5.48. The second kappa shape index (κ2) is 6.81. The first-order valence-corrected chi connectivity index (χ1v) is 9.27. The van der Waals surface area contributed by atoms with Gasteiger partial charge in [0, 0.05) is 19.2 Å². The van der Waals surface area contributed by atoms with Crippen LogP contribution in [0.4, 0.5) is 4.39 Å². The number of halogens is 1. The van der Waals surface area contributed by atoms with E-state index in [0.29, 0.717) is 17.6 Å². The van der Waals surface area contributed by atoms with Crippen molar-refractivity contribution in [3.63, 3.8) is 0 Å². The van der Waals surface area contributed by atoms with Crippen molar-refractivity contribution in [2.24, 2.45) is 0 Å². The van der Waals surface area contributed by atoms with Gasteiger partial charge in [0.1, 0.15) is 5.82 Å². The van der Waals surface area contributed by atoms with Crippen LogP contribution in [0.3, 0.4) is 0 Å². The third-order valence-corrected chi connectivity index (χ3v) is 5.37. The maximum absolute atomic E-state index is 13.6. The van der Waals surface area contributed by atoms with Crippen LogP contribution in [0.1, 0.15) is 12.5 Å². The van der Waals surface area contributed by atoms with E-state index in [1.807, 2.05) is 0 Å². The molecule has 25 heavy (non-hydrogen) atoms. The van der Waals surface area contributed by atoms with Crippen molar-refractivity contribution in [1.82, 2.24) is 9.29 Å². The van der Waals surface area contributed by atoms with Crippen molar-refractivity contribution in [2.45, 2.75) is 24.8 Å². The fourth-order valence-corrected chi connectivity index (χ4v) is 3.66. The summed E-state index contributed by atoms with van der Waals surface area (Å²) in [5.74, 6) is -0.898. The number of fused-ring (bicyclic) bond motifs is 1. The summed E-state index contributed by atoms with van der Waals surface area (Å²) in [7, 11) is -3.79. The number of benzene rings is 2. The molecule has 0 radical (unpaired) electrons. The number of aryl methyl sites for hydroxylation is 1. The lowest BCUT2D eigenvalue weighted by atomic mass is 10.1. The molecule has 0 aliphatic rings. The normalized spacial score (nSPS) is 11.9. The number of hydrogen-bond acceptors (Lipinski definition) is 4. The molecule has 0 unspecified atom stereocenters. The molecule has 8 heteroatoms. The largest absolute Gasteiger partial charge is 0.419 e. The lowest BCUT2D eigenvalue weighted by Crippen LogP contribution is -2.26. The van der Waals surface area contributed by atoms with Gasteiger partial charge in [-0.3, -0.25) is 4.57 Å². The molecule has 6 nitrogen and oxygen atoms in total. The van der Waals surface area contributed by atoms with Gasteiger partial charge in [-0.25, -0.2) is 22.3 Å². The highest BCUT2D eigenvalue weighted by atomic mass is 32.2. The predicted molar refractivity (Wildman–Crippen MR) is 91.4 cm³/mol. The smallest absolute Gasteiger partial charge is 0.408 e. The number of nitrogens with one attached hydrogen (secondary N) is 1. The Morgan fingerprint density at radius 2 is 1.96 bits per heavy atom. The monoisotopic (exact) mass is 364 g/mol. The maximum Gasteiger partial charge on any atom is 0.419 e. The topological polar surface area (TPSA) is 81.3 Å². The fourth-order valence-electron chi connectivity index (χ4n) is 2.62. The average Bonchev–Trinajstić information content (AvgIpc) is 2.90. The van der Waals surface area contributed by atoms with Gasteiger partial charge in [-0.05, 0) is 37.1 Å². The van der Waals surface area contributed by atoms with Crippen LogP contribution in [0.15, 0.2) is 56.6 Å². The lowest BCUT2D eigenvalue weighted by Gasteiger charge is -2.07. The summed E-state index contributed by atoms with van der Waals surface area (Å²) in [6.45, 7) is 2.28. The van der Waals surface area contributed by atoms with Crippen LogP contribution in [-0.4, -0.2) is 19.5 Å². The number of hydrogen-bond donors (Lipinski definition) is 1. The van der Waals surface area contributed by atoms with Crippen LogP contribution in [0.5, 0.6) is 0 Å². The predicted octanol–water partition coefficient (Wildman–Crippen LogP) is 2.27. The number of nitrogens with zero attached hydrogens (tertiary/aromatic N) is 1. The van der Waals surface area contributed by atoms with E-state index in [-0.39, 0.29) is 29.3 Å². The molecule has 1 heterocycles. The van der Waals surface area contributed by atoms with Gasteiger partial charge < -0.3 is 4.42 Å². The number of sulfonamides is 1. The van der Waals surface area contributed by atoms with Crippen LogP contribution in [0.2, 0.25) is 0 Å². The summed E-state index contributed by atoms with van der Waals surface area (Å²) in [5, 5.41) is 0. The molecule has 3 rings (SSSR count). The number of oxazole rings is 1. The maximum atomic E-state index is 13.6. The summed E-state index contributed by atoms with van der Waals surface area (Å²) in [4.78, 5) is 11.7. The first kappa shape index (κ1) is 17.4. The Labute approximate surface area is 143 Å². The fraction of sp³-hybridized carbons (Fsp3) is 0.235. The summed E-state index contributed by atoms with van der Waals surface area (Å²) in [6.07, 6.45) is 0.232. The van der Waals surface area contributed by atoms with Crippen LogP contribution < -0.4 is 10.5 Å². The molecule has 1 N–H and O–H groups in total. The first-order chi connectivity index (χ1) is 11.9. The molecular formula is C17H17FN2O4S. The molecule has 0 bridgehead atoms. The Bertz CT molecular complexity index is 1070. The van der Waals surface area contributed by atoms with Crippen LogP contribution in [0, 0.1) is 5.82 Å². The molecule has 0 saturated carbocycles. The summed E-state index contributed by atoms with van der Waals surface area (Å²) >= 11 is 0. The van der Waals surface area contributed by atoms with E-state index in [2.05, 4.69) is 4.72 Å².